The summed E-state index contributed by atoms with van der Waals surface area (Å²) in [5.41, 5.74) is 1.20. The first-order valence-corrected chi connectivity index (χ1v) is 5.03. The molecule has 0 spiro atoms. The maximum atomic E-state index is 9.24. The van der Waals surface area contributed by atoms with Gasteiger partial charge in [0.25, 0.3) is 0 Å². The topological polar surface area (TPSA) is 25.2 Å². The van der Waals surface area contributed by atoms with Crippen LogP contribution in [0.4, 0.5) is 0 Å². The van der Waals surface area contributed by atoms with Gasteiger partial charge in [-0.05, 0) is 23.9 Å². The van der Waals surface area contributed by atoms with Gasteiger partial charge in [-0.25, -0.2) is 0 Å². The summed E-state index contributed by atoms with van der Waals surface area (Å²) in [6.07, 6.45) is 3.00. The van der Waals surface area contributed by atoms with Crippen LogP contribution in [0, 0.1) is 0 Å². The fourth-order valence-corrected chi connectivity index (χ4v) is 1.84. The van der Waals surface area contributed by atoms with Crippen LogP contribution in [-0.4, -0.2) is 16.3 Å². The first-order valence-electron chi connectivity index (χ1n) is 5.03. The molecule has 2 heteroatoms. The van der Waals surface area contributed by atoms with E-state index < -0.39 is 0 Å². The second-order valence-electron chi connectivity index (χ2n) is 3.53. The smallest absolute Gasteiger partial charge is 0.0638 e. The summed E-state index contributed by atoms with van der Waals surface area (Å²) in [5, 5.41) is 10.5. The Morgan fingerprint density at radius 3 is 2.79 bits per heavy atom. The van der Waals surface area contributed by atoms with Gasteiger partial charge < -0.3 is 9.67 Å². The third kappa shape index (κ3) is 1.42. The van der Waals surface area contributed by atoms with Crippen LogP contribution < -0.4 is 0 Å². The first-order chi connectivity index (χ1) is 6.86. The highest BCUT2D eigenvalue weighted by Crippen LogP contribution is 2.21. The SMILES string of the molecule is CCC(CO)n1ccc2ccccc21. The summed E-state index contributed by atoms with van der Waals surface area (Å²) in [5.74, 6) is 0. The number of para-hydroxylation sites is 1. The van der Waals surface area contributed by atoms with Gasteiger partial charge in [-0.3, -0.25) is 0 Å². The molecule has 74 valence electrons. The normalized spacial score (nSPS) is 13.3. The van der Waals surface area contributed by atoms with E-state index in [2.05, 4.69) is 35.9 Å². The number of hydrogen-bond donors (Lipinski definition) is 1. The first kappa shape index (κ1) is 9.28. The van der Waals surface area contributed by atoms with E-state index in [1.807, 2.05) is 12.1 Å². The summed E-state index contributed by atoms with van der Waals surface area (Å²) in [6, 6.07) is 10.5. The predicted molar refractivity (Wildman–Crippen MR) is 58.4 cm³/mol. The summed E-state index contributed by atoms with van der Waals surface area (Å²) in [7, 11) is 0. The summed E-state index contributed by atoms with van der Waals surface area (Å²) >= 11 is 0. The minimum atomic E-state index is 0.204. The van der Waals surface area contributed by atoms with Crippen LogP contribution in [0.5, 0.6) is 0 Å². The molecule has 1 atom stereocenters. The minimum absolute atomic E-state index is 0.204. The molecule has 0 bridgehead atoms. The van der Waals surface area contributed by atoms with Crippen molar-refractivity contribution in [2.75, 3.05) is 6.61 Å². The standard InChI is InChI=1S/C12H15NO/c1-2-11(9-14)13-8-7-10-5-3-4-6-12(10)13/h3-8,11,14H,2,9H2,1H3. The Morgan fingerprint density at radius 1 is 1.29 bits per heavy atom. The molecule has 0 radical (unpaired) electrons. The molecule has 2 aromatic rings. The number of aliphatic hydroxyl groups excluding tert-OH is 1. The van der Waals surface area contributed by atoms with Crippen LogP contribution >= 0.6 is 0 Å². The average molecular weight is 189 g/mol. The number of hydrogen-bond acceptors (Lipinski definition) is 1. The van der Waals surface area contributed by atoms with E-state index in [0.29, 0.717) is 0 Å². The zero-order chi connectivity index (χ0) is 9.97. The molecular weight excluding hydrogens is 174 g/mol. The van der Waals surface area contributed by atoms with Crippen LogP contribution in [0.3, 0.4) is 0 Å². The van der Waals surface area contributed by atoms with E-state index in [4.69, 9.17) is 0 Å². The maximum Gasteiger partial charge on any atom is 0.0638 e. The number of fused-ring (bicyclic) bond motifs is 1. The van der Waals surface area contributed by atoms with Crippen molar-refractivity contribution in [3.63, 3.8) is 0 Å². The van der Waals surface area contributed by atoms with Crippen LogP contribution in [-0.2, 0) is 0 Å². The highest BCUT2D eigenvalue weighted by atomic mass is 16.3. The fourth-order valence-electron chi connectivity index (χ4n) is 1.84. The van der Waals surface area contributed by atoms with Crippen molar-refractivity contribution in [2.24, 2.45) is 0 Å². The molecule has 2 rings (SSSR count). The van der Waals surface area contributed by atoms with Gasteiger partial charge in [0.05, 0.1) is 12.6 Å². The Kier molecular flexibility index (Phi) is 2.55. The van der Waals surface area contributed by atoms with Crippen LogP contribution in [0.15, 0.2) is 36.5 Å². The zero-order valence-electron chi connectivity index (χ0n) is 8.35. The van der Waals surface area contributed by atoms with Gasteiger partial charge in [0, 0.05) is 11.7 Å². The molecule has 2 nitrogen and oxygen atoms in total. The lowest BCUT2D eigenvalue weighted by atomic mass is 10.2. The van der Waals surface area contributed by atoms with Crippen molar-refractivity contribution < 1.29 is 5.11 Å². The van der Waals surface area contributed by atoms with Crippen LogP contribution in [0.25, 0.3) is 10.9 Å². The molecule has 0 saturated heterocycles. The van der Waals surface area contributed by atoms with E-state index in [1.165, 1.54) is 10.9 Å². The van der Waals surface area contributed by atoms with E-state index in [-0.39, 0.29) is 12.6 Å². The van der Waals surface area contributed by atoms with Crippen molar-refractivity contribution in [1.82, 2.24) is 4.57 Å². The quantitative estimate of drug-likeness (QED) is 0.788. The van der Waals surface area contributed by atoms with Crippen molar-refractivity contribution in [3.05, 3.63) is 36.5 Å². The lowest BCUT2D eigenvalue weighted by molar-refractivity contribution is 0.227. The monoisotopic (exact) mass is 189 g/mol. The van der Waals surface area contributed by atoms with Gasteiger partial charge >= 0.3 is 0 Å². The van der Waals surface area contributed by atoms with Crippen LogP contribution in [0.2, 0.25) is 0 Å². The molecule has 0 aliphatic carbocycles. The van der Waals surface area contributed by atoms with Crippen molar-refractivity contribution in [2.45, 2.75) is 19.4 Å². The average Bonchev–Trinajstić information content (AvgIpc) is 2.65. The molecule has 0 aliphatic rings. The Bertz CT molecular complexity index is 415. The lowest BCUT2D eigenvalue weighted by Crippen LogP contribution is -2.10. The highest BCUT2D eigenvalue weighted by molar-refractivity contribution is 5.80. The minimum Gasteiger partial charge on any atom is -0.394 e. The summed E-state index contributed by atoms with van der Waals surface area (Å²) in [4.78, 5) is 0. The third-order valence-corrected chi connectivity index (χ3v) is 2.71. The Balaban J connectivity index is 2.51. The zero-order valence-corrected chi connectivity index (χ0v) is 8.35. The van der Waals surface area contributed by atoms with Gasteiger partial charge in [0.15, 0.2) is 0 Å². The van der Waals surface area contributed by atoms with E-state index in [1.54, 1.807) is 0 Å². The maximum absolute atomic E-state index is 9.24. The second kappa shape index (κ2) is 3.84. The Hall–Kier alpha value is -1.28. The third-order valence-electron chi connectivity index (χ3n) is 2.71. The molecule has 1 unspecified atom stereocenters. The van der Waals surface area contributed by atoms with Crippen molar-refractivity contribution in [3.8, 4) is 0 Å². The fraction of sp³-hybridized carbons (Fsp3) is 0.333. The molecule has 14 heavy (non-hydrogen) atoms. The number of aliphatic hydroxyl groups is 1. The number of rotatable bonds is 3. The molecule has 1 heterocycles. The second-order valence-corrected chi connectivity index (χ2v) is 3.53. The van der Waals surface area contributed by atoms with Gasteiger partial charge in [-0.2, -0.15) is 0 Å². The molecule has 1 aromatic heterocycles. The van der Waals surface area contributed by atoms with Crippen molar-refractivity contribution in [1.29, 1.82) is 0 Å². The van der Waals surface area contributed by atoms with Crippen LogP contribution in [0.1, 0.15) is 19.4 Å². The predicted octanol–water partition coefficient (Wildman–Crippen LogP) is 2.58. The number of nitrogens with zero attached hydrogens (tertiary/aromatic N) is 1. The van der Waals surface area contributed by atoms with Crippen molar-refractivity contribution >= 4 is 10.9 Å². The van der Waals surface area contributed by atoms with E-state index >= 15 is 0 Å². The lowest BCUT2D eigenvalue weighted by Gasteiger charge is -2.15. The summed E-state index contributed by atoms with van der Waals surface area (Å²) in [6.45, 7) is 2.30. The van der Waals surface area contributed by atoms with Gasteiger partial charge in [-0.1, -0.05) is 25.1 Å². The molecular formula is C12H15NO. The highest BCUT2D eigenvalue weighted by Gasteiger charge is 2.08. The molecule has 1 aromatic carbocycles. The number of aromatic nitrogens is 1. The molecule has 0 amide bonds. The largest absolute Gasteiger partial charge is 0.394 e. The summed E-state index contributed by atoms with van der Waals surface area (Å²) < 4.78 is 2.15. The van der Waals surface area contributed by atoms with Gasteiger partial charge in [0.2, 0.25) is 0 Å². The molecule has 0 fully saturated rings. The molecule has 0 saturated carbocycles. The Morgan fingerprint density at radius 2 is 2.07 bits per heavy atom. The molecule has 0 aliphatic heterocycles. The van der Waals surface area contributed by atoms with E-state index in [9.17, 15) is 5.11 Å². The molecule has 1 N–H and O–H groups in total. The van der Waals surface area contributed by atoms with E-state index in [0.717, 1.165) is 6.42 Å². The number of benzene rings is 1. The van der Waals surface area contributed by atoms with Gasteiger partial charge in [-0.15, -0.1) is 0 Å². The Labute approximate surface area is 83.8 Å². The van der Waals surface area contributed by atoms with Gasteiger partial charge in [0.1, 0.15) is 0 Å².